The minimum Gasteiger partial charge on any atom is -0.481 e. The lowest BCUT2D eigenvalue weighted by Crippen LogP contribution is -1.95. The van der Waals surface area contributed by atoms with Crippen molar-refractivity contribution in [3.8, 4) is 0 Å². The van der Waals surface area contributed by atoms with Crippen molar-refractivity contribution in [1.82, 2.24) is 0 Å². The SMILES string of the molecule is CC(=O)C/C=C(\C)CC(=O)O. The summed E-state index contributed by atoms with van der Waals surface area (Å²) in [5, 5.41) is 8.32. The molecule has 0 aromatic carbocycles. The predicted octanol–water partition coefficient (Wildman–Crippen LogP) is 1.39. The Morgan fingerprint density at radius 2 is 1.91 bits per heavy atom. The van der Waals surface area contributed by atoms with E-state index in [1.165, 1.54) is 6.92 Å². The van der Waals surface area contributed by atoms with E-state index in [0.717, 1.165) is 5.57 Å². The van der Waals surface area contributed by atoms with Gasteiger partial charge in [-0.25, -0.2) is 0 Å². The van der Waals surface area contributed by atoms with Gasteiger partial charge in [-0.15, -0.1) is 0 Å². The summed E-state index contributed by atoms with van der Waals surface area (Å²) in [4.78, 5) is 20.6. The van der Waals surface area contributed by atoms with Crippen molar-refractivity contribution in [1.29, 1.82) is 0 Å². The molecule has 11 heavy (non-hydrogen) atoms. The number of carbonyl (C=O) groups excluding carboxylic acids is 1. The Labute approximate surface area is 65.7 Å². The van der Waals surface area contributed by atoms with Crippen molar-refractivity contribution >= 4 is 11.8 Å². The lowest BCUT2D eigenvalue weighted by molar-refractivity contribution is -0.136. The molecule has 0 amide bonds. The molecule has 0 aliphatic heterocycles. The van der Waals surface area contributed by atoms with Gasteiger partial charge in [0, 0.05) is 6.42 Å². The van der Waals surface area contributed by atoms with E-state index in [4.69, 9.17) is 5.11 Å². The van der Waals surface area contributed by atoms with Crippen LogP contribution in [0.1, 0.15) is 26.7 Å². The summed E-state index contributed by atoms with van der Waals surface area (Å²) >= 11 is 0. The Kier molecular flexibility index (Phi) is 4.18. The zero-order valence-electron chi connectivity index (χ0n) is 6.76. The van der Waals surface area contributed by atoms with E-state index < -0.39 is 5.97 Å². The van der Waals surface area contributed by atoms with Crippen molar-refractivity contribution in [3.05, 3.63) is 11.6 Å². The van der Waals surface area contributed by atoms with Gasteiger partial charge in [-0.2, -0.15) is 0 Å². The van der Waals surface area contributed by atoms with Crippen LogP contribution in [0.25, 0.3) is 0 Å². The molecule has 0 spiro atoms. The number of Topliss-reactive ketones (excluding diaryl/α,β-unsaturated/α-hetero) is 1. The van der Waals surface area contributed by atoms with Gasteiger partial charge >= 0.3 is 5.97 Å². The highest BCUT2D eigenvalue weighted by Crippen LogP contribution is 2.01. The summed E-state index contributed by atoms with van der Waals surface area (Å²) in [6, 6.07) is 0. The Bertz CT molecular complexity index is 192. The number of carboxylic acids is 1. The summed E-state index contributed by atoms with van der Waals surface area (Å²) in [5.41, 5.74) is 0.729. The monoisotopic (exact) mass is 156 g/mol. The highest BCUT2D eigenvalue weighted by Gasteiger charge is 1.97. The van der Waals surface area contributed by atoms with Crippen LogP contribution >= 0.6 is 0 Å². The summed E-state index contributed by atoms with van der Waals surface area (Å²) in [7, 11) is 0. The zero-order chi connectivity index (χ0) is 8.85. The Morgan fingerprint density at radius 3 is 2.27 bits per heavy atom. The Balaban J connectivity index is 3.81. The molecule has 0 unspecified atom stereocenters. The molecule has 0 aliphatic carbocycles. The van der Waals surface area contributed by atoms with Crippen LogP contribution in [0.3, 0.4) is 0 Å². The standard InChI is InChI=1S/C8H12O3/c1-6(5-8(10)11)3-4-7(2)9/h3H,4-5H2,1-2H3,(H,10,11)/b6-3+. The van der Waals surface area contributed by atoms with Gasteiger partial charge in [-0.1, -0.05) is 11.6 Å². The maximum Gasteiger partial charge on any atom is 0.307 e. The lowest BCUT2D eigenvalue weighted by atomic mass is 10.1. The number of hydrogen-bond donors (Lipinski definition) is 1. The van der Waals surface area contributed by atoms with Crippen LogP contribution in [-0.4, -0.2) is 16.9 Å². The van der Waals surface area contributed by atoms with Crippen LogP contribution in [0.15, 0.2) is 11.6 Å². The molecule has 1 N–H and O–H groups in total. The van der Waals surface area contributed by atoms with Crippen molar-refractivity contribution in [3.63, 3.8) is 0 Å². The largest absolute Gasteiger partial charge is 0.481 e. The quantitative estimate of drug-likeness (QED) is 0.626. The van der Waals surface area contributed by atoms with Crippen LogP contribution in [0.2, 0.25) is 0 Å². The van der Waals surface area contributed by atoms with Gasteiger partial charge in [0.1, 0.15) is 5.78 Å². The number of carbonyl (C=O) groups is 2. The van der Waals surface area contributed by atoms with E-state index >= 15 is 0 Å². The summed E-state index contributed by atoms with van der Waals surface area (Å²) < 4.78 is 0. The highest BCUT2D eigenvalue weighted by atomic mass is 16.4. The highest BCUT2D eigenvalue weighted by molar-refractivity contribution is 5.77. The van der Waals surface area contributed by atoms with Crippen molar-refractivity contribution in [2.24, 2.45) is 0 Å². The molecule has 62 valence electrons. The molecule has 0 atom stereocenters. The molecule has 0 heterocycles. The molecule has 0 radical (unpaired) electrons. The van der Waals surface area contributed by atoms with Gasteiger partial charge in [0.2, 0.25) is 0 Å². The first kappa shape index (κ1) is 9.88. The topological polar surface area (TPSA) is 54.4 Å². The molecule has 0 saturated carbocycles. The van der Waals surface area contributed by atoms with Gasteiger partial charge in [-0.3, -0.25) is 9.59 Å². The first-order chi connectivity index (χ1) is 5.02. The third-order valence-corrected chi connectivity index (χ3v) is 1.17. The summed E-state index contributed by atoms with van der Waals surface area (Å²) in [5.74, 6) is -0.808. The fraction of sp³-hybridized carbons (Fsp3) is 0.500. The van der Waals surface area contributed by atoms with Crippen LogP contribution in [0, 0.1) is 0 Å². The fourth-order valence-electron chi connectivity index (χ4n) is 0.629. The molecule has 0 rings (SSSR count). The van der Waals surface area contributed by atoms with E-state index in [9.17, 15) is 9.59 Å². The molecular weight excluding hydrogens is 144 g/mol. The number of ketones is 1. The molecule has 0 fully saturated rings. The van der Waals surface area contributed by atoms with Crippen LogP contribution in [0.4, 0.5) is 0 Å². The minimum atomic E-state index is -0.859. The van der Waals surface area contributed by atoms with Crippen molar-refractivity contribution in [2.45, 2.75) is 26.7 Å². The average molecular weight is 156 g/mol. The first-order valence-electron chi connectivity index (χ1n) is 3.39. The molecule has 3 heteroatoms. The van der Waals surface area contributed by atoms with Crippen LogP contribution < -0.4 is 0 Å². The maximum atomic E-state index is 10.4. The molecule has 0 aliphatic rings. The number of aliphatic carboxylic acids is 1. The van der Waals surface area contributed by atoms with Gasteiger partial charge < -0.3 is 5.11 Å². The van der Waals surface area contributed by atoms with Crippen molar-refractivity contribution < 1.29 is 14.7 Å². The van der Waals surface area contributed by atoms with Gasteiger partial charge in [-0.05, 0) is 13.8 Å². The first-order valence-corrected chi connectivity index (χ1v) is 3.39. The van der Waals surface area contributed by atoms with Gasteiger partial charge in [0.05, 0.1) is 6.42 Å². The second-order valence-corrected chi connectivity index (χ2v) is 2.53. The van der Waals surface area contributed by atoms with Crippen molar-refractivity contribution in [2.75, 3.05) is 0 Å². The normalized spacial score (nSPS) is 11.3. The third kappa shape index (κ3) is 6.77. The number of carboxylic acid groups (broad SMARTS) is 1. The Morgan fingerprint density at radius 1 is 1.36 bits per heavy atom. The predicted molar refractivity (Wildman–Crippen MR) is 41.3 cm³/mol. The fourth-order valence-corrected chi connectivity index (χ4v) is 0.629. The Hall–Kier alpha value is -1.12. The van der Waals surface area contributed by atoms with E-state index in [0.29, 0.717) is 6.42 Å². The average Bonchev–Trinajstić information content (AvgIpc) is 1.82. The number of allylic oxidation sites excluding steroid dienone is 1. The van der Waals surface area contributed by atoms with Gasteiger partial charge in [0.15, 0.2) is 0 Å². The van der Waals surface area contributed by atoms with E-state index in [-0.39, 0.29) is 12.2 Å². The molecule has 0 aromatic heterocycles. The summed E-state index contributed by atoms with van der Waals surface area (Å²) in [6.45, 7) is 3.18. The molecule has 0 aromatic rings. The van der Waals surface area contributed by atoms with E-state index in [2.05, 4.69) is 0 Å². The van der Waals surface area contributed by atoms with Crippen LogP contribution in [-0.2, 0) is 9.59 Å². The number of rotatable bonds is 4. The second-order valence-electron chi connectivity index (χ2n) is 2.53. The number of hydrogen-bond acceptors (Lipinski definition) is 2. The lowest BCUT2D eigenvalue weighted by Gasteiger charge is -1.93. The maximum absolute atomic E-state index is 10.4. The second kappa shape index (κ2) is 4.66. The molecule has 0 bridgehead atoms. The minimum absolute atomic E-state index is 0.0211. The smallest absolute Gasteiger partial charge is 0.307 e. The molecule has 0 saturated heterocycles. The molecule has 3 nitrogen and oxygen atoms in total. The van der Waals surface area contributed by atoms with Gasteiger partial charge in [0.25, 0.3) is 0 Å². The van der Waals surface area contributed by atoms with Crippen LogP contribution in [0.5, 0.6) is 0 Å². The molecular formula is C8H12O3. The zero-order valence-corrected chi connectivity index (χ0v) is 6.76. The van der Waals surface area contributed by atoms with E-state index in [1.807, 2.05) is 0 Å². The summed E-state index contributed by atoms with van der Waals surface area (Å²) in [6.07, 6.45) is 2.00. The van der Waals surface area contributed by atoms with E-state index in [1.54, 1.807) is 13.0 Å². The third-order valence-electron chi connectivity index (χ3n) is 1.17.